The van der Waals surface area contributed by atoms with Crippen molar-refractivity contribution in [3.63, 3.8) is 0 Å². The number of benzene rings is 2. The van der Waals surface area contributed by atoms with Crippen LogP contribution in [-0.4, -0.2) is 47.9 Å². The number of amides is 1. The first-order chi connectivity index (χ1) is 20.3. The van der Waals surface area contributed by atoms with Crippen molar-refractivity contribution >= 4 is 31.2 Å². The third kappa shape index (κ3) is 12.4. The molecule has 0 bridgehead atoms. The minimum Gasteiger partial charge on any atom is -0.466 e. The first-order valence-corrected chi connectivity index (χ1v) is 16.3. The fourth-order valence-electron chi connectivity index (χ4n) is 3.82. The molecule has 2 aromatic rings. The molecule has 2 aromatic carbocycles. The largest absolute Gasteiger partial charge is 0.466 e. The summed E-state index contributed by atoms with van der Waals surface area (Å²) in [4.78, 5) is 39.3. The fourth-order valence-corrected chi connectivity index (χ4v) is 5.78. The Bertz CT molecular complexity index is 1260. The van der Waals surface area contributed by atoms with E-state index in [0.717, 1.165) is 0 Å². The average Bonchev–Trinajstić information content (AvgIpc) is 2.89. The van der Waals surface area contributed by atoms with Gasteiger partial charge in [-0.2, -0.15) is 0 Å². The minimum atomic E-state index is -4.24. The van der Waals surface area contributed by atoms with Gasteiger partial charge in [0, 0.05) is 5.69 Å². The minimum absolute atomic E-state index is 0.174. The molecule has 0 saturated carbocycles. The van der Waals surface area contributed by atoms with Crippen molar-refractivity contribution in [3.8, 4) is 5.75 Å². The van der Waals surface area contributed by atoms with E-state index in [2.05, 4.69) is 15.5 Å². The normalized spacial score (nSPS) is 13.7. The molecule has 0 aromatic heterocycles. The molecular weight excluding hydrogens is 585 g/mol. The SMILES string of the molecule is CC(C)[C@H](NP(=O)(N[C@H](C(=O)OC(C)(C)C)C(C)C)OCOc1ccccc1C(=O)Nc1ccccc1)C(=O)OC(C)(C)C. The summed E-state index contributed by atoms with van der Waals surface area (Å²) in [6, 6.07) is 13.3. The van der Waals surface area contributed by atoms with Gasteiger partial charge in [-0.3, -0.25) is 23.5 Å². The van der Waals surface area contributed by atoms with E-state index in [4.69, 9.17) is 18.7 Å². The van der Waals surface area contributed by atoms with Crippen LogP contribution < -0.4 is 20.2 Å². The highest BCUT2D eigenvalue weighted by Crippen LogP contribution is 2.41. The van der Waals surface area contributed by atoms with Gasteiger partial charge in [-0.15, -0.1) is 0 Å². The van der Waals surface area contributed by atoms with E-state index in [0.29, 0.717) is 5.69 Å². The summed E-state index contributed by atoms with van der Waals surface area (Å²) in [5, 5.41) is 8.39. The molecule has 44 heavy (non-hydrogen) atoms. The van der Waals surface area contributed by atoms with E-state index in [1.165, 1.54) is 0 Å². The standard InChI is InChI=1S/C32H48N3O8P/c1-21(2)26(29(37)42-31(5,6)7)34-44(39,35-27(22(3)4)30(38)43-32(8,9)10)41-20-40-25-19-15-14-18-24(25)28(36)33-23-16-12-11-13-17-23/h11-19,21-22,26-27H,20H2,1-10H3,(H,33,36)(H2,34,35,39)/t26-,27-/m0/s1. The van der Waals surface area contributed by atoms with Crippen molar-refractivity contribution in [2.45, 2.75) is 92.5 Å². The highest BCUT2D eigenvalue weighted by molar-refractivity contribution is 7.54. The van der Waals surface area contributed by atoms with Gasteiger partial charge in [-0.05, 0) is 77.6 Å². The number of ether oxygens (including phenoxy) is 3. The number of rotatable bonds is 14. The van der Waals surface area contributed by atoms with Crippen molar-refractivity contribution in [1.82, 2.24) is 10.2 Å². The van der Waals surface area contributed by atoms with E-state index in [1.54, 1.807) is 118 Å². The van der Waals surface area contributed by atoms with Crippen LogP contribution in [0.2, 0.25) is 0 Å². The van der Waals surface area contributed by atoms with Crippen LogP contribution in [0.4, 0.5) is 5.69 Å². The maximum absolute atomic E-state index is 14.4. The Hall–Kier alpha value is -3.24. The molecule has 0 radical (unpaired) electrons. The third-order valence-electron chi connectivity index (χ3n) is 5.89. The van der Waals surface area contributed by atoms with E-state index in [1.807, 2.05) is 6.07 Å². The van der Waals surface area contributed by atoms with Crippen molar-refractivity contribution in [1.29, 1.82) is 0 Å². The van der Waals surface area contributed by atoms with Crippen LogP contribution in [0, 0.1) is 11.8 Å². The van der Waals surface area contributed by atoms with Crippen molar-refractivity contribution in [3.05, 3.63) is 60.2 Å². The predicted octanol–water partition coefficient (Wildman–Crippen LogP) is 6.31. The van der Waals surface area contributed by atoms with Crippen molar-refractivity contribution < 1.29 is 37.7 Å². The topological polar surface area (TPSA) is 141 Å². The van der Waals surface area contributed by atoms with Gasteiger partial charge in [0.05, 0.1) is 5.56 Å². The lowest BCUT2D eigenvalue weighted by Gasteiger charge is -2.33. The van der Waals surface area contributed by atoms with Crippen LogP contribution in [0.25, 0.3) is 0 Å². The van der Waals surface area contributed by atoms with E-state index in [-0.39, 0.29) is 23.1 Å². The second-order valence-electron chi connectivity index (χ2n) is 13.0. The molecule has 2 rings (SSSR count). The Balaban J connectivity index is 2.35. The van der Waals surface area contributed by atoms with Gasteiger partial charge in [0.25, 0.3) is 5.91 Å². The number of nitrogens with one attached hydrogen (secondary N) is 3. The molecule has 0 heterocycles. The fraction of sp³-hybridized carbons (Fsp3) is 0.531. The van der Waals surface area contributed by atoms with Crippen LogP contribution in [0.15, 0.2) is 54.6 Å². The molecule has 0 unspecified atom stereocenters. The Labute approximate surface area is 261 Å². The first-order valence-electron chi connectivity index (χ1n) is 14.6. The summed E-state index contributed by atoms with van der Waals surface area (Å²) in [6.07, 6.45) is 0. The number of anilines is 1. The molecule has 0 aliphatic carbocycles. The van der Waals surface area contributed by atoms with E-state index in [9.17, 15) is 18.9 Å². The maximum atomic E-state index is 14.4. The zero-order valence-electron chi connectivity index (χ0n) is 27.4. The molecule has 0 aliphatic heterocycles. The summed E-state index contributed by atoms with van der Waals surface area (Å²) in [5.74, 6) is -2.26. The van der Waals surface area contributed by atoms with Crippen molar-refractivity contribution in [2.75, 3.05) is 12.1 Å². The Morgan fingerprint density at radius 2 is 1.18 bits per heavy atom. The van der Waals surface area contributed by atoms with Gasteiger partial charge in [-0.25, -0.2) is 10.2 Å². The molecule has 2 atom stereocenters. The highest BCUT2D eigenvalue weighted by atomic mass is 31.2. The van der Waals surface area contributed by atoms with Crippen LogP contribution in [0.1, 0.15) is 79.6 Å². The quantitative estimate of drug-likeness (QED) is 0.123. The number of hydrogen-bond donors (Lipinski definition) is 3. The Kier molecular flexibility index (Phi) is 13.2. The third-order valence-corrected chi connectivity index (χ3v) is 7.59. The monoisotopic (exact) mass is 633 g/mol. The number of hydrogen-bond acceptors (Lipinski definition) is 8. The van der Waals surface area contributed by atoms with Crippen LogP contribution in [0.3, 0.4) is 0 Å². The molecule has 1 amide bonds. The van der Waals surface area contributed by atoms with Crippen LogP contribution in [-0.2, 0) is 28.2 Å². The van der Waals surface area contributed by atoms with E-state index < -0.39 is 55.6 Å². The Morgan fingerprint density at radius 1 is 0.727 bits per heavy atom. The average molecular weight is 634 g/mol. The van der Waals surface area contributed by atoms with Gasteiger partial charge >= 0.3 is 19.6 Å². The summed E-state index contributed by atoms with van der Waals surface area (Å²) in [7, 11) is -4.24. The summed E-state index contributed by atoms with van der Waals surface area (Å²) in [6.45, 7) is 16.8. The van der Waals surface area contributed by atoms with Gasteiger partial charge in [0.15, 0.2) is 6.79 Å². The maximum Gasteiger partial charge on any atom is 0.345 e. The summed E-state index contributed by atoms with van der Waals surface area (Å²) >= 11 is 0. The van der Waals surface area contributed by atoms with E-state index >= 15 is 0 Å². The molecule has 0 saturated heterocycles. The second-order valence-corrected chi connectivity index (χ2v) is 14.9. The molecule has 12 heteroatoms. The summed E-state index contributed by atoms with van der Waals surface area (Å²) in [5.41, 5.74) is -0.772. The number of carbonyl (C=O) groups excluding carboxylic acids is 3. The lowest BCUT2D eigenvalue weighted by molar-refractivity contribution is -0.158. The van der Waals surface area contributed by atoms with Gasteiger partial charge in [0.2, 0.25) is 0 Å². The van der Waals surface area contributed by atoms with Gasteiger partial charge < -0.3 is 19.5 Å². The van der Waals surface area contributed by atoms with Gasteiger partial charge in [0.1, 0.15) is 29.0 Å². The highest BCUT2D eigenvalue weighted by Gasteiger charge is 2.40. The Morgan fingerprint density at radius 3 is 1.64 bits per heavy atom. The molecule has 244 valence electrons. The first kappa shape index (κ1) is 36.9. The lowest BCUT2D eigenvalue weighted by Crippen LogP contribution is -2.49. The number of carbonyl (C=O) groups is 3. The molecule has 0 spiro atoms. The van der Waals surface area contributed by atoms with Crippen LogP contribution in [0.5, 0.6) is 5.75 Å². The van der Waals surface area contributed by atoms with Crippen LogP contribution >= 0.6 is 7.67 Å². The predicted molar refractivity (Wildman–Crippen MR) is 170 cm³/mol. The lowest BCUT2D eigenvalue weighted by atomic mass is 10.1. The number of esters is 2. The van der Waals surface area contributed by atoms with Crippen molar-refractivity contribution in [2.24, 2.45) is 11.8 Å². The van der Waals surface area contributed by atoms with Gasteiger partial charge in [-0.1, -0.05) is 58.0 Å². The molecular formula is C32H48N3O8P. The number of para-hydroxylation sites is 2. The zero-order chi connectivity index (χ0) is 33.3. The molecule has 11 nitrogen and oxygen atoms in total. The summed E-state index contributed by atoms with van der Waals surface area (Å²) < 4.78 is 37.1. The molecule has 0 fully saturated rings. The zero-order valence-corrected chi connectivity index (χ0v) is 28.3. The smallest absolute Gasteiger partial charge is 0.345 e. The molecule has 3 N–H and O–H groups in total. The molecule has 0 aliphatic rings. The second kappa shape index (κ2) is 15.7.